The van der Waals surface area contributed by atoms with Crippen molar-refractivity contribution in [3.8, 4) is 0 Å². The predicted octanol–water partition coefficient (Wildman–Crippen LogP) is 6.95. The van der Waals surface area contributed by atoms with E-state index in [9.17, 15) is 83.4 Å². The van der Waals surface area contributed by atoms with E-state index in [4.69, 9.17) is 0 Å². The topological polar surface area (TPSA) is 0 Å². The minimum Gasteiger partial charge on any atom is -0.216 e. The van der Waals surface area contributed by atoms with Crippen molar-refractivity contribution in [2.75, 3.05) is 5.75 Å². The normalized spacial score (nSPS) is 16.6. The Balaban J connectivity index is 7.03. The second kappa shape index (κ2) is 7.53. The Morgan fingerprint density at radius 1 is 0.387 bits per heavy atom. The molecule has 188 valence electrons. The van der Waals surface area contributed by atoms with Gasteiger partial charge >= 0.3 is 53.6 Å². The van der Waals surface area contributed by atoms with Crippen LogP contribution in [0.3, 0.4) is 0 Å². The van der Waals surface area contributed by atoms with E-state index in [1.54, 1.807) is 0 Å². The molecule has 0 saturated carbocycles. The van der Waals surface area contributed by atoms with Gasteiger partial charge < -0.3 is 0 Å². The maximum atomic E-state index is 13.3. The lowest BCUT2D eigenvalue weighted by atomic mass is 9.83. The molecule has 0 nitrogen and oxygen atoms in total. The monoisotopic (exact) mass is 530 g/mol. The van der Waals surface area contributed by atoms with Crippen LogP contribution in [0.15, 0.2) is 0 Å². The van der Waals surface area contributed by atoms with Gasteiger partial charge in [-0.05, 0) is 5.75 Å². The number of hydrogen-bond donors (Lipinski definition) is 1. The molecule has 0 atom stereocenters. The van der Waals surface area contributed by atoms with Crippen molar-refractivity contribution in [1.82, 2.24) is 0 Å². The lowest BCUT2D eigenvalue weighted by Gasteiger charge is -2.45. The third kappa shape index (κ3) is 3.76. The van der Waals surface area contributed by atoms with Crippen LogP contribution >= 0.6 is 12.6 Å². The van der Waals surface area contributed by atoms with Crippen LogP contribution in [0.4, 0.5) is 83.4 Å². The second-order valence-corrected chi connectivity index (χ2v) is 6.15. The molecule has 0 aliphatic heterocycles. The van der Waals surface area contributed by atoms with Gasteiger partial charge in [-0.1, -0.05) is 0 Å². The molecular weight excluding hydrogens is 525 g/mol. The van der Waals surface area contributed by atoms with Gasteiger partial charge in [-0.15, -0.1) is 0 Å². The van der Waals surface area contributed by atoms with Gasteiger partial charge in [-0.25, -0.2) is 4.39 Å². The first-order valence-electron chi connectivity index (χ1n) is 6.76. The van der Waals surface area contributed by atoms with Crippen LogP contribution in [0, 0.1) is 0 Å². The number of rotatable bonds is 8. The van der Waals surface area contributed by atoms with E-state index in [1.165, 1.54) is 0 Å². The molecule has 0 N–H and O–H groups in total. The van der Waals surface area contributed by atoms with E-state index in [0.29, 0.717) is 0 Å². The van der Waals surface area contributed by atoms with Gasteiger partial charge in [0.15, 0.2) is 0 Å². The van der Waals surface area contributed by atoms with Crippen LogP contribution in [0.2, 0.25) is 0 Å². The third-order valence-corrected chi connectivity index (χ3v) is 3.90. The maximum Gasteiger partial charge on any atom is 0.438 e. The van der Waals surface area contributed by atoms with Crippen molar-refractivity contribution in [3.63, 3.8) is 0 Å². The molecule has 0 amide bonds. The van der Waals surface area contributed by atoms with Crippen LogP contribution in [0.25, 0.3) is 0 Å². The molecule has 0 saturated heterocycles. The molecular formula is C11H5F19S. The first kappa shape index (κ1) is 30.0. The molecule has 0 unspecified atom stereocenters. The van der Waals surface area contributed by atoms with Crippen molar-refractivity contribution in [2.24, 2.45) is 0 Å². The molecule has 0 bridgehead atoms. The Bertz CT molecular complexity index is 626. The summed E-state index contributed by atoms with van der Waals surface area (Å²) in [5.41, 5.74) is -8.71. The summed E-state index contributed by atoms with van der Waals surface area (Å²) in [7, 11) is 0. The average Bonchev–Trinajstić information content (AvgIpc) is 2.50. The van der Waals surface area contributed by atoms with Gasteiger partial charge in [0.1, 0.15) is 0 Å². The molecule has 0 fully saturated rings. The minimum absolute atomic E-state index is 1.56. The highest BCUT2D eigenvalue weighted by atomic mass is 32.1. The van der Waals surface area contributed by atoms with Gasteiger partial charge in [-0.2, -0.15) is 91.7 Å². The molecule has 0 spiro atoms. The predicted molar refractivity (Wildman–Crippen MR) is 64.1 cm³/mol. The Kier molecular flexibility index (Phi) is 7.29. The molecule has 0 radical (unpaired) electrons. The molecule has 0 heterocycles. The standard InChI is InChI=1S/C11H5F19S/c12-3(13,1-2-31)5(15,16)7(19,20)9(23,24)8(21,22)6(17,18)4(14,10(25,26)27)11(28,29)30/h31H,1-2H2. The quantitative estimate of drug-likeness (QED) is 0.255. The zero-order valence-electron chi connectivity index (χ0n) is 13.5. The third-order valence-electron chi connectivity index (χ3n) is 3.68. The first-order valence-corrected chi connectivity index (χ1v) is 7.39. The molecule has 20 heteroatoms. The van der Waals surface area contributed by atoms with Crippen molar-refractivity contribution in [1.29, 1.82) is 0 Å². The molecule has 0 rings (SSSR count). The fourth-order valence-electron chi connectivity index (χ4n) is 1.85. The Morgan fingerprint density at radius 2 is 0.645 bits per heavy atom. The highest BCUT2D eigenvalue weighted by molar-refractivity contribution is 7.80. The van der Waals surface area contributed by atoms with Crippen LogP contribution in [0.1, 0.15) is 6.42 Å². The Morgan fingerprint density at radius 3 is 0.903 bits per heavy atom. The summed E-state index contributed by atoms with van der Waals surface area (Å²) in [4.78, 5) is 0. The summed E-state index contributed by atoms with van der Waals surface area (Å²) in [5.74, 6) is -51.0. The number of alkyl halides is 19. The number of hydrogen-bond acceptors (Lipinski definition) is 1. The van der Waals surface area contributed by atoms with Gasteiger partial charge in [0, 0.05) is 6.42 Å². The van der Waals surface area contributed by atoms with E-state index in [1.807, 2.05) is 0 Å². The number of thiol groups is 1. The number of halogens is 19. The lowest BCUT2D eigenvalue weighted by Crippen LogP contribution is -2.77. The van der Waals surface area contributed by atoms with Crippen LogP contribution in [-0.2, 0) is 0 Å². The molecule has 0 aliphatic rings. The summed E-state index contributed by atoms with van der Waals surface area (Å²) in [6.07, 6.45) is -19.2. The van der Waals surface area contributed by atoms with Crippen LogP contribution in [-0.4, -0.2) is 59.3 Å². The highest BCUT2D eigenvalue weighted by Gasteiger charge is 2.98. The zero-order valence-corrected chi connectivity index (χ0v) is 14.4. The molecule has 0 aromatic rings. The first-order chi connectivity index (χ1) is 13.1. The summed E-state index contributed by atoms with van der Waals surface area (Å²) in [6.45, 7) is 0. The largest absolute Gasteiger partial charge is 0.438 e. The van der Waals surface area contributed by atoms with Gasteiger partial charge in [0.2, 0.25) is 0 Å². The zero-order chi connectivity index (χ0) is 25.9. The highest BCUT2D eigenvalue weighted by Crippen LogP contribution is 2.66. The minimum atomic E-state index is -8.97. The van der Waals surface area contributed by atoms with Gasteiger partial charge in [-0.3, -0.25) is 0 Å². The van der Waals surface area contributed by atoms with E-state index in [-0.39, 0.29) is 0 Å². The van der Waals surface area contributed by atoms with Crippen LogP contribution in [0.5, 0.6) is 0 Å². The maximum absolute atomic E-state index is 13.3. The summed E-state index contributed by atoms with van der Waals surface area (Å²) in [5, 5.41) is 0. The summed E-state index contributed by atoms with van der Waals surface area (Å²) >= 11 is 2.80. The SMILES string of the molecule is FC(F)(F)C(F)(C(F)(F)F)C(F)(F)C(F)(F)C(F)(F)C(F)(F)C(F)(F)C(F)(F)CCS. The molecule has 0 aromatic heterocycles. The molecule has 0 aromatic carbocycles. The van der Waals surface area contributed by atoms with Crippen molar-refractivity contribution >= 4 is 12.6 Å². The molecule has 31 heavy (non-hydrogen) atoms. The Hall–Kier alpha value is -0.980. The van der Waals surface area contributed by atoms with Gasteiger partial charge in [0.25, 0.3) is 0 Å². The summed E-state index contributed by atoms with van der Waals surface area (Å²) < 4.78 is 246. The molecule has 0 aliphatic carbocycles. The smallest absolute Gasteiger partial charge is 0.216 e. The van der Waals surface area contributed by atoms with E-state index >= 15 is 0 Å². The fraction of sp³-hybridized carbons (Fsp3) is 1.00. The van der Waals surface area contributed by atoms with Gasteiger partial charge in [0.05, 0.1) is 0 Å². The Labute approximate surface area is 163 Å². The fourth-order valence-corrected chi connectivity index (χ4v) is 2.13. The van der Waals surface area contributed by atoms with Crippen molar-refractivity contribution in [2.45, 2.75) is 60.0 Å². The summed E-state index contributed by atoms with van der Waals surface area (Å²) in [6, 6.07) is 0. The van der Waals surface area contributed by atoms with Crippen LogP contribution < -0.4 is 0 Å². The van der Waals surface area contributed by atoms with Crippen molar-refractivity contribution < 1.29 is 83.4 Å². The lowest BCUT2D eigenvalue weighted by molar-refractivity contribution is -0.472. The average molecular weight is 530 g/mol. The second-order valence-electron chi connectivity index (χ2n) is 5.70. The van der Waals surface area contributed by atoms with E-state index in [2.05, 4.69) is 12.6 Å². The van der Waals surface area contributed by atoms with E-state index < -0.39 is 65.7 Å². The van der Waals surface area contributed by atoms with Crippen molar-refractivity contribution in [3.05, 3.63) is 0 Å². The van der Waals surface area contributed by atoms with E-state index in [0.717, 1.165) is 0 Å².